The van der Waals surface area contributed by atoms with Crippen molar-refractivity contribution in [3.05, 3.63) is 29.3 Å². The van der Waals surface area contributed by atoms with Gasteiger partial charge in [0.25, 0.3) is 0 Å². The van der Waals surface area contributed by atoms with Crippen LogP contribution in [0.15, 0.2) is 18.2 Å². The van der Waals surface area contributed by atoms with Gasteiger partial charge in [-0.3, -0.25) is 5.01 Å². The van der Waals surface area contributed by atoms with E-state index in [9.17, 15) is 5.11 Å². The third kappa shape index (κ3) is 1.61. The molecule has 0 spiro atoms. The molecule has 3 heteroatoms. The summed E-state index contributed by atoms with van der Waals surface area (Å²) in [5, 5.41) is 11.7. The second-order valence-electron chi connectivity index (χ2n) is 3.96. The number of hydrazine groups is 1. The van der Waals surface area contributed by atoms with E-state index >= 15 is 0 Å². The Morgan fingerprint density at radius 2 is 2.21 bits per heavy atom. The number of benzene rings is 1. The Bertz CT molecular complexity index is 336. The van der Waals surface area contributed by atoms with Crippen molar-refractivity contribution < 1.29 is 5.11 Å². The molecule has 0 aromatic heterocycles. The normalized spacial score (nSPS) is 20.1. The summed E-state index contributed by atoms with van der Waals surface area (Å²) >= 11 is 0. The highest BCUT2D eigenvalue weighted by Gasteiger charge is 2.25. The number of nitrogens with one attached hydrogen (secondary N) is 1. The molecule has 0 saturated heterocycles. The van der Waals surface area contributed by atoms with Crippen LogP contribution in [0.3, 0.4) is 0 Å². The van der Waals surface area contributed by atoms with Crippen LogP contribution in [0.1, 0.15) is 23.6 Å². The van der Waals surface area contributed by atoms with Gasteiger partial charge in [-0.2, -0.15) is 0 Å². The van der Waals surface area contributed by atoms with Crippen molar-refractivity contribution in [1.82, 2.24) is 10.4 Å². The van der Waals surface area contributed by atoms with Crippen molar-refractivity contribution in [2.24, 2.45) is 0 Å². The van der Waals surface area contributed by atoms with Gasteiger partial charge in [0.05, 0.1) is 6.04 Å². The van der Waals surface area contributed by atoms with Crippen LogP contribution >= 0.6 is 0 Å². The molecule has 0 bridgehead atoms. The second kappa shape index (κ2) is 3.59. The minimum absolute atomic E-state index is 0.265. The van der Waals surface area contributed by atoms with Gasteiger partial charge in [0.2, 0.25) is 0 Å². The predicted molar refractivity (Wildman–Crippen MR) is 56.0 cm³/mol. The number of aromatic hydroxyl groups is 1. The largest absolute Gasteiger partial charge is 0.508 e. The third-order valence-electron chi connectivity index (χ3n) is 2.64. The summed E-state index contributed by atoms with van der Waals surface area (Å²) in [5.41, 5.74) is 5.65. The highest BCUT2D eigenvalue weighted by atomic mass is 16.3. The van der Waals surface area contributed by atoms with E-state index in [4.69, 9.17) is 0 Å². The van der Waals surface area contributed by atoms with Gasteiger partial charge < -0.3 is 5.11 Å². The molecular weight excluding hydrogens is 176 g/mol. The molecule has 1 atom stereocenters. The van der Waals surface area contributed by atoms with E-state index in [0.29, 0.717) is 5.75 Å². The molecule has 3 nitrogen and oxygen atoms in total. The number of fused-ring (bicyclic) bond motifs is 1. The van der Waals surface area contributed by atoms with Crippen LogP contribution in [-0.4, -0.2) is 24.2 Å². The third-order valence-corrected chi connectivity index (χ3v) is 2.64. The molecule has 0 aliphatic heterocycles. The number of hydrogen-bond donors (Lipinski definition) is 2. The van der Waals surface area contributed by atoms with Crippen molar-refractivity contribution in [2.45, 2.75) is 18.9 Å². The summed E-state index contributed by atoms with van der Waals surface area (Å²) in [4.78, 5) is 0. The molecule has 0 fully saturated rings. The summed E-state index contributed by atoms with van der Waals surface area (Å²) in [5.74, 6) is 0.416. The second-order valence-corrected chi connectivity index (χ2v) is 3.96. The highest BCUT2D eigenvalue weighted by molar-refractivity contribution is 5.44. The average Bonchev–Trinajstić information content (AvgIpc) is 2.49. The van der Waals surface area contributed by atoms with Crippen LogP contribution in [0.4, 0.5) is 0 Å². The van der Waals surface area contributed by atoms with E-state index in [1.807, 2.05) is 25.2 Å². The molecule has 1 aromatic rings. The summed E-state index contributed by atoms with van der Waals surface area (Å²) in [6, 6.07) is 6.02. The van der Waals surface area contributed by atoms with E-state index in [0.717, 1.165) is 18.4 Å². The summed E-state index contributed by atoms with van der Waals surface area (Å²) < 4.78 is 0. The van der Waals surface area contributed by atoms with Crippen LogP contribution in [0.25, 0.3) is 0 Å². The molecule has 1 aliphatic rings. The maximum atomic E-state index is 9.76. The Hall–Kier alpha value is -1.06. The van der Waals surface area contributed by atoms with Crippen molar-refractivity contribution >= 4 is 0 Å². The summed E-state index contributed by atoms with van der Waals surface area (Å²) in [6.07, 6.45) is 2.11. The first-order chi connectivity index (χ1) is 6.68. The first-order valence-corrected chi connectivity index (χ1v) is 4.92. The van der Waals surface area contributed by atoms with Crippen molar-refractivity contribution in [3.8, 4) is 5.75 Å². The van der Waals surface area contributed by atoms with Gasteiger partial charge in [-0.25, -0.2) is 5.43 Å². The lowest BCUT2D eigenvalue weighted by atomic mass is 10.1. The standard InChI is InChI=1S/C11H16N2O/c1-13(2)12-9-7-6-8-4-3-5-10(14)11(8)9/h3-5,9,12,14H,6-7H2,1-2H3. The molecule has 76 valence electrons. The predicted octanol–water partition coefficient (Wildman–Crippen LogP) is 1.45. The summed E-state index contributed by atoms with van der Waals surface area (Å²) in [6.45, 7) is 0. The van der Waals surface area contributed by atoms with E-state index in [1.165, 1.54) is 5.56 Å². The van der Waals surface area contributed by atoms with Crippen molar-refractivity contribution in [2.75, 3.05) is 14.1 Å². The van der Waals surface area contributed by atoms with Gasteiger partial charge in [-0.05, 0) is 24.5 Å². The van der Waals surface area contributed by atoms with Crippen molar-refractivity contribution in [1.29, 1.82) is 0 Å². The van der Waals surface area contributed by atoms with Gasteiger partial charge in [-0.15, -0.1) is 0 Å². The fourth-order valence-corrected chi connectivity index (χ4v) is 2.10. The molecule has 1 aliphatic carbocycles. The quantitative estimate of drug-likeness (QED) is 0.696. The first-order valence-electron chi connectivity index (χ1n) is 4.92. The number of phenols is 1. The number of phenolic OH excluding ortho intramolecular Hbond substituents is 1. The Kier molecular flexibility index (Phi) is 2.44. The zero-order valence-corrected chi connectivity index (χ0v) is 8.62. The van der Waals surface area contributed by atoms with Gasteiger partial charge in [-0.1, -0.05) is 12.1 Å². The van der Waals surface area contributed by atoms with Crippen molar-refractivity contribution in [3.63, 3.8) is 0 Å². The fourth-order valence-electron chi connectivity index (χ4n) is 2.10. The fraction of sp³-hybridized carbons (Fsp3) is 0.455. The molecule has 1 aromatic carbocycles. The monoisotopic (exact) mass is 192 g/mol. The van der Waals surface area contributed by atoms with Crippen LogP contribution < -0.4 is 5.43 Å². The zero-order valence-electron chi connectivity index (χ0n) is 8.62. The van der Waals surface area contributed by atoms with Gasteiger partial charge in [0.15, 0.2) is 0 Å². The van der Waals surface area contributed by atoms with Gasteiger partial charge >= 0.3 is 0 Å². The average molecular weight is 192 g/mol. The van der Waals surface area contributed by atoms with Crippen LogP contribution in [0.2, 0.25) is 0 Å². The summed E-state index contributed by atoms with van der Waals surface area (Å²) in [7, 11) is 3.94. The molecule has 0 amide bonds. The zero-order chi connectivity index (χ0) is 10.1. The van der Waals surface area contributed by atoms with E-state index in [-0.39, 0.29) is 6.04 Å². The van der Waals surface area contributed by atoms with Crippen LogP contribution in [0, 0.1) is 0 Å². The Morgan fingerprint density at radius 3 is 2.93 bits per heavy atom. The smallest absolute Gasteiger partial charge is 0.120 e. The maximum absolute atomic E-state index is 9.76. The topological polar surface area (TPSA) is 35.5 Å². The van der Waals surface area contributed by atoms with E-state index in [1.54, 1.807) is 6.07 Å². The van der Waals surface area contributed by atoms with Gasteiger partial charge in [0.1, 0.15) is 5.75 Å². The van der Waals surface area contributed by atoms with E-state index < -0.39 is 0 Å². The molecule has 0 saturated carbocycles. The Morgan fingerprint density at radius 1 is 1.43 bits per heavy atom. The van der Waals surface area contributed by atoms with Crippen LogP contribution in [0.5, 0.6) is 5.75 Å². The number of rotatable bonds is 2. The molecule has 1 unspecified atom stereocenters. The molecule has 2 N–H and O–H groups in total. The maximum Gasteiger partial charge on any atom is 0.120 e. The highest BCUT2D eigenvalue weighted by Crippen LogP contribution is 2.36. The minimum Gasteiger partial charge on any atom is -0.508 e. The minimum atomic E-state index is 0.265. The molecule has 14 heavy (non-hydrogen) atoms. The molecule has 2 rings (SSSR count). The molecule has 0 heterocycles. The van der Waals surface area contributed by atoms with Crippen LogP contribution in [-0.2, 0) is 6.42 Å². The lowest BCUT2D eigenvalue weighted by Gasteiger charge is -2.20. The SMILES string of the molecule is CN(C)NC1CCc2cccc(O)c21. The number of aryl methyl sites for hydroxylation is 1. The Labute approximate surface area is 84.3 Å². The van der Waals surface area contributed by atoms with Gasteiger partial charge in [0, 0.05) is 19.7 Å². The van der Waals surface area contributed by atoms with E-state index in [2.05, 4.69) is 11.5 Å². The Balaban J connectivity index is 2.29. The first kappa shape index (κ1) is 9.49. The molecular formula is C11H16N2O. The lowest BCUT2D eigenvalue weighted by molar-refractivity contribution is 0.240. The molecule has 0 radical (unpaired) electrons. The number of hydrogen-bond acceptors (Lipinski definition) is 3. The lowest BCUT2D eigenvalue weighted by Crippen LogP contribution is -2.33. The number of nitrogens with zero attached hydrogens (tertiary/aromatic N) is 1.